The molecule has 8 heteroatoms. The highest BCUT2D eigenvalue weighted by Crippen LogP contribution is 2.30. The molecule has 3 aromatic rings. The maximum absolute atomic E-state index is 13.2. The van der Waals surface area contributed by atoms with Crippen LogP contribution in [0.4, 0.5) is 13.2 Å². The predicted octanol–water partition coefficient (Wildman–Crippen LogP) is 4.92. The molecular formula is C27H25F3N2O3. The number of halogens is 3. The van der Waals surface area contributed by atoms with Gasteiger partial charge in [0, 0.05) is 24.7 Å². The molecule has 5 nitrogen and oxygen atoms in total. The number of carbonyl (C=O) groups excluding carboxylic acids is 2. The first-order valence-electron chi connectivity index (χ1n) is 11.2. The Bertz CT molecular complexity index is 1180. The summed E-state index contributed by atoms with van der Waals surface area (Å²) in [5.74, 6) is -0.701. The van der Waals surface area contributed by atoms with Gasteiger partial charge in [-0.1, -0.05) is 60.7 Å². The lowest BCUT2D eigenvalue weighted by atomic mass is 9.99. The zero-order chi connectivity index (χ0) is 25.0. The first-order chi connectivity index (χ1) is 16.8. The van der Waals surface area contributed by atoms with Crippen molar-refractivity contribution in [3.05, 3.63) is 95.6 Å². The Balaban J connectivity index is 1.49. The standard InChI is InChI=1S/C27H25F3N2O3/c1-35-26(34)24-15-21(17-32(24)16-18-11-13-20(14-12-18)27(28,29)30)31-25(33)23-10-6-5-9-22(23)19-7-3-2-4-8-19/h2-14,21,24H,15-17H2,1H3,(H,31,33)/t21-,24-/m0/s1. The molecule has 0 spiro atoms. The summed E-state index contributed by atoms with van der Waals surface area (Å²) in [6.45, 7) is 0.616. The molecule has 3 aromatic carbocycles. The van der Waals surface area contributed by atoms with Gasteiger partial charge >= 0.3 is 12.1 Å². The van der Waals surface area contributed by atoms with Crippen LogP contribution in [0.25, 0.3) is 11.1 Å². The zero-order valence-electron chi connectivity index (χ0n) is 19.1. The maximum atomic E-state index is 13.2. The third kappa shape index (κ3) is 5.71. The van der Waals surface area contributed by atoms with Crippen LogP contribution in [0.2, 0.25) is 0 Å². The highest BCUT2D eigenvalue weighted by molar-refractivity contribution is 6.01. The van der Waals surface area contributed by atoms with E-state index in [1.54, 1.807) is 12.1 Å². The molecule has 1 heterocycles. The summed E-state index contributed by atoms with van der Waals surface area (Å²) in [6.07, 6.45) is -4.07. The third-order valence-corrected chi connectivity index (χ3v) is 6.14. The van der Waals surface area contributed by atoms with Gasteiger partial charge in [-0.05, 0) is 41.3 Å². The van der Waals surface area contributed by atoms with Crippen molar-refractivity contribution in [2.45, 2.75) is 31.2 Å². The number of alkyl halides is 3. The molecule has 0 unspecified atom stereocenters. The van der Waals surface area contributed by atoms with Crippen molar-refractivity contribution in [2.75, 3.05) is 13.7 Å². The van der Waals surface area contributed by atoms with Crippen molar-refractivity contribution in [1.82, 2.24) is 10.2 Å². The number of nitrogens with zero attached hydrogens (tertiary/aromatic N) is 1. The second kappa shape index (κ2) is 10.3. The molecule has 2 atom stereocenters. The Hall–Kier alpha value is -3.65. The maximum Gasteiger partial charge on any atom is 0.416 e. The quantitative estimate of drug-likeness (QED) is 0.507. The third-order valence-electron chi connectivity index (χ3n) is 6.14. The number of esters is 1. The Morgan fingerprint density at radius 2 is 1.63 bits per heavy atom. The van der Waals surface area contributed by atoms with Crippen LogP contribution in [-0.4, -0.2) is 42.5 Å². The van der Waals surface area contributed by atoms with Crippen molar-refractivity contribution < 1.29 is 27.5 Å². The van der Waals surface area contributed by atoms with Crippen LogP contribution in [0, 0.1) is 0 Å². The number of hydrogen-bond acceptors (Lipinski definition) is 4. The summed E-state index contributed by atoms with van der Waals surface area (Å²) in [6, 6.07) is 20.8. The highest BCUT2D eigenvalue weighted by atomic mass is 19.4. The Labute approximate surface area is 201 Å². The number of hydrogen-bond donors (Lipinski definition) is 1. The van der Waals surface area contributed by atoms with Crippen LogP contribution >= 0.6 is 0 Å². The molecular weight excluding hydrogens is 457 g/mol. The largest absolute Gasteiger partial charge is 0.468 e. The number of benzene rings is 3. The van der Waals surface area contributed by atoms with Crippen molar-refractivity contribution in [1.29, 1.82) is 0 Å². The molecule has 0 radical (unpaired) electrons. The number of ether oxygens (including phenoxy) is 1. The first-order valence-corrected chi connectivity index (χ1v) is 11.2. The van der Waals surface area contributed by atoms with Gasteiger partial charge < -0.3 is 10.1 Å². The van der Waals surface area contributed by atoms with Gasteiger partial charge in [0.1, 0.15) is 6.04 Å². The minimum absolute atomic E-state index is 0.255. The smallest absolute Gasteiger partial charge is 0.416 e. The molecule has 1 fully saturated rings. The minimum atomic E-state index is -4.41. The fourth-order valence-electron chi connectivity index (χ4n) is 4.41. The van der Waals surface area contributed by atoms with Gasteiger partial charge in [0.25, 0.3) is 5.91 Å². The molecule has 1 aliphatic heterocycles. The van der Waals surface area contributed by atoms with Crippen molar-refractivity contribution in [2.24, 2.45) is 0 Å². The van der Waals surface area contributed by atoms with Crippen LogP contribution in [0.15, 0.2) is 78.9 Å². The molecule has 182 valence electrons. The minimum Gasteiger partial charge on any atom is -0.468 e. The number of nitrogens with one attached hydrogen (secondary N) is 1. The topological polar surface area (TPSA) is 58.6 Å². The molecule has 4 rings (SSSR count). The lowest BCUT2D eigenvalue weighted by Crippen LogP contribution is -2.37. The van der Waals surface area contributed by atoms with E-state index in [0.29, 0.717) is 24.1 Å². The van der Waals surface area contributed by atoms with E-state index in [0.717, 1.165) is 23.3 Å². The molecule has 1 aliphatic rings. The number of carbonyl (C=O) groups is 2. The molecule has 0 aromatic heterocycles. The number of amides is 1. The Morgan fingerprint density at radius 3 is 2.29 bits per heavy atom. The number of rotatable bonds is 6. The predicted molar refractivity (Wildman–Crippen MR) is 125 cm³/mol. The average Bonchev–Trinajstić information content (AvgIpc) is 3.25. The molecule has 0 aliphatic carbocycles. The van der Waals surface area contributed by atoms with Gasteiger partial charge in [0.2, 0.25) is 0 Å². The van der Waals surface area contributed by atoms with Crippen LogP contribution in [-0.2, 0) is 22.3 Å². The second-order valence-electron chi connectivity index (χ2n) is 8.48. The lowest BCUT2D eigenvalue weighted by molar-refractivity contribution is -0.146. The molecule has 35 heavy (non-hydrogen) atoms. The molecule has 0 saturated carbocycles. The van der Waals surface area contributed by atoms with Crippen LogP contribution in [0.3, 0.4) is 0 Å². The molecule has 1 N–H and O–H groups in total. The summed E-state index contributed by atoms with van der Waals surface area (Å²) >= 11 is 0. The van der Waals surface area contributed by atoms with E-state index < -0.39 is 23.8 Å². The van der Waals surface area contributed by atoms with Gasteiger partial charge in [0.05, 0.1) is 12.7 Å². The van der Waals surface area contributed by atoms with Crippen molar-refractivity contribution in [3.8, 4) is 11.1 Å². The fourth-order valence-corrected chi connectivity index (χ4v) is 4.41. The summed E-state index contributed by atoms with van der Waals surface area (Å²) in [5, 5.41) is 3.02. The first kappa shape index (κ1) is 24.5. The van der Waals surface area contributed by atoms with E-state index in [1.165, 1.54) is 19.2 Å². The summed E-state index contributed by atoms with van der Waals surface area (Å²) in [5.41, 5.74) is 2.15. The van der Waals surface area contributed by atoms with E-state index in [4.69, 9.17) is 4.74 Å². The summed E-state index contributed by atoms with van der Waals surface area (Å²) in [7, 11) is 1.29. The van der Waals surface area contributed by atoms with E-state index in [2.05, 4.69) is 5.32 Å². The van der Waals surface area contributed by atoms with Gasteiger partial charge in [-0.25, -0.2) is 0 Å². The molecule has 0 bridgehead atoms. The number of likely N-dealkylation sites (tertiary alicyclic amines) is 1. The SMILES string of the molecule is COC(=O)[C@@H]1C[C@H](NC(=O)c2ccccc2-c2ccccc2)CN1Cc1ccc(C(F)(F)F)cc1. The normalized spacial score (nSPS) is 18.3. The van der Waals surface area contributed by atoms with Gasteiger partial charge in [-0.2, -0.15) is 13.2 Å². The van der Waals surface area contributed by atoms with E-state index in [9.17, 15) is 22.8 Å². The van der Waals surface area contributed by atoms with Gasteiger partial charge in [0.15, 0.2) is 0 Å². The Kier molecular flexibility index (Phi) is 7.21. The van der Waals surface area contributed by atoms with Crippen LogP contribution < -0.4 is 5.32 Å². The summed E-state index contributed by atoms with van der Waals surface area (Å²) in [4.78, 5) is 27.4. The number of methoxy groups -OCH3 is 1. The monoisotopic (exact) mass is 482 g/mol. The molecule has 1 amide bonds. The lowest BCUT2D eigenvalue weighted by Gasteiger charge is -2.22. The van der Waals surface area contributed by atoms with E-state index >= 15 is 0 Å². The van der Waals surface area contributed by atoms with Crippen molar-refractivity contribution in [3.63, 3.8) is 0 Å². The van der Waals surface area contributed by atoms with Gasteiger partial charge in [-0.15, -0.1) is 0 Å². The highest BCUT2D eigenvalue weighted by Gasteiger charge is 2.38. The van der Waals surface area contributed by atoms with E-state index in [-0.39, 0.29) is 18.5 Å². The van der Waals surface area contributed by atoms with E-state index in [1.807, 2.05) is 47.4 Å². The Morgan fingerprint density at radius 1 is 0.971 bits per heavy atom. The van der Waals surface area contributed by atoms with Crippen LogP contribution in [0.5, 0.6) is 0 Å². The second-order valence-corrected chi connectivity index (χ2v) is 8.48. The van der Waals surface area contributed by atoms with Crippen molar-refractivity contribution >= 4 is 11.9 Å². The summed E-state index contributed by atoms with van der Waals surface area (Å²) < 4.78 is 43.6. The zero-order valence-corrected chi connectivity index (χ0v) is 19.1. The fraction of sp³-hybridized carbons (Fsp3) is 0.259. The average molecular weight is 483 g/mol. The van der Waals surface area contributed by atoms with Gasteiger partial charge in [-0.3, -0.25) is 14.5 Å². The van der Waals surface area contributed by atoms with Crippen LogP contribution in [0.1, 0.15) is 27.9 Å². The molecule has 1 saturated heterocycles.